The molecule has 2 aliphatic carbocycles. The van der Waals surface area contributed by atoms with Crippen molar-refractivity contribution in [2.45, 2.75) is 337 Å². The Morgan fingerprint density at radius 2 is 0.491 bits per heavy atom. The maximum absolute atomic E-state index is 12.1. The molecule has 10 aromatic rings. The van der Waals surface area contributed by atoms with Crippen molar-refractivity contribution in [3.63, 3.8) is 0 Å². The molecule has 6 aromatic heterocycles. The molecule has 6 heterocycles. The first-order valence-electron chi connectivity index (χ1n) is 44.8. The number of benzene rings is 4. The molecule has 12 rings (SSSR count). The predicted octanol–water partition coefficient (Wildman–Crippen LogP) is 33.3. The third-order valence-electron chi connectivity index (χ3n) is 24.5. The van der Waals surface area contributed by atoms with Crippen LogP contribution < -0.4 is 0 Å². The fourth-order valence-electron chi connectivity index (χ4n) is 18.6. The second-order valence-corrected chi connectivity index (χ2v) is 39.7. The van der Waals surface area contributed by atoms with Gasteiger partial charge in [0.2, 0.25) is 0 Å². The van der Waals surface area contributed by atoms with E-state index in [1.54, 1.807) is 12.2 Å². The van der Waals surface area contributed by atoms with E-state index in [1.165, 1.54) is 354 Å². The quantitative estimate of drug-likeness (QED) is 0.0216. The van der Waals surface area contributed by atoms with Crippen LogP contribution in [0.2, 0.25) is 0 Å². The van der Waals surface area contributed by atoms with E-state index < -0.39 is 10.8 Å². The zero-order valence-electron chi connectivity index (χ0n) is 70.3. The zero-order chi connectivity index (χ0) is 78.4. The van der Waals surface area contributed by atoms with Crippen molar-refractivity contribution in [2.75, 3.05) is 0 Å². The van der Waals surface area contributed by atoms with Gasteiger partial charge in [0.05, 0.1) is 39.7 Å². The van der Waals surface area contributed by atoms with E-state index in [-0.39, 0.29) is 0 Å². The number of fused-ring (bicyclic) bond motifs is 9. The van der Waals surface area contributed by atoms with Crippen LogP contribution in [0.15, 0.2) is 109 Å². The summed E-state index contributed by atoms with van der Waals surface area (Å²) in [6, 6.07) is 43.1. The first kappa shape index (κ1) is 85.5. The number of aldehydes is 2. The maximum atomic E-state index is 12.1. The lowest BCUT2D eigenvalue weighted by Gasteiger charge is -2.35. The van der Waals surface area contributed by atoms with Gasteiger partial charge in [-0.25, -0.2) is 0 Å². The summed E-state index contributed by atoms with van der Waals surface area (Å²) in [5.74, 6) is 0. The van der Waals surface area contributed by atoms with Crippen molar-refractivity contribution in [1.29, 1.82) is 0 Å². The topological polar surface area (TPSA) is 34.1 Å². The first-order valence-corrected chi connectivity index (χ1v) is 49.7. The Kier molecular flexibility index (Phi) is 32.3. The number of carbonyl (C=O) groups is 2. The lowest BCUT2D eigenvalue weighted by Crippen LogP contribution is -2.30. The molecule has 0 radical (unpaired) electrons. The van der Waals surface area contributed by atoms with Crippen molar-refractivity contribution in [1.82, 2.24) is 0 Å². The molecule has 0 bridgehead atoms. The molecule has 0 N–H and O–H groups in total. The Balaban J connectivity index is 1.26. The molecule has 0 spiro atoms. The normalized spacial score (nSPS) is 13.4. The third-order valence-corrected chi connectivity index (χ3v) is 32.4. The van der Waals surface area contributed by atoms with Gasteiger partial charge in [0.15, 0.2) is 0 Å². The minimum absolute atomic E-state index is 0.655. The standard InChI is InChI=1S/C104H132O2S6/c1-11-19-27-35-45-75-59-76(46-36-28-20-12-2)64-83(63-75)103(84-65-77(47-37-29-21-13-3)60-78(66-84)48-38-30-22-14-4)87-71-93(91-57-73(9)89(107-91)53-43-55-105)109-97(87)99-95(103)101-102(111-99)96-100(112-101)98-88(72-94(110-98)92-58-74(10)90(108-92)54-44-56-106)104(96,85-67-79(49-39-31-23-15-5)61-80(68-85)50-40-32-24-16-6)86-69-81(51-41-33-25-17-7)62-82(70-86)52-42-34-26-18-8/h43-44,53-72H,11-42,45-52H2,1-10H3/b53-43+,54-44+. The summed E-state index contributed by atoms with van der Waals surface area (Å²) in [5, 5.41) is 0. The number of hydrogen-bond acceptors (Lipinski definition) is 8. The Hall–Kier alpha value is -5.84. The van der Waals surface area contributed by atoms with Gasteiger partial charge in [-0.05, 0) is 254 Å². The van der Waals surface area contributed by atoms with Gasteiger partial charge in [0.25, 0.3) is 0 Å². The molecular weight excluding hydrogens is 1470 g/mol. The molecule has 2 aliphatic rings. The van der Waals surface area contributed by atoms with Crippen molar-refractivity contribution in [3.8, 4) is 39.0 Å². The van der Waals surface area contributed by atoms with Crippen LogP contribution in [0, 0.1) is 13.8 Å². The largest absolute Gasteiger partial charge is 0.299 e. The Morgan fingerprint density at radius 1 is 0.259 bits per heavy atom. The summed E-state index contributed by atoms with van der Waals surface area (Å²) in [6.45, 7) is 23.4. The first-order chi connectivity index (χ1) is 54.9. The number of aryl methyl sites for hydroxylation is 10. The Bertz CT molecular complexity index is 4200. The Morgan fingerprint density at radius 3 is 0.714 bits per heavy atom. The van der Waals surface area contributed by atoms with Crippen molar-refractivity contribution in [2.24, 2.45) is 0 Å². The van der Waals surface area contributed by atoms with Crippen LogP contribution in [0.4, 0.5) is 0 Å². The van der Waals surface area contributed by atoms with Gasteiger partial charge in [0, 0.05) is 40.4 Å². The highest BCUT2D eigenvalue weighted by molar-refractivity contribution is 7.35. The molecule has 112 heavy (non-hydrogen) atoms. The van der Waals surface area contributed by atoms with Gasteiger partial charge in [-0.3, -0.25) is 9.59 Å². The SMILES string of the molecule is CCCCCCc1cc(CCCCCC)cc(C2(c3cc(CCCCCC)cc(CCCCCC)c3)c3cc(-c4cc(C)c(/C=C/C=O)s4)sc3-c3sc4c5c(sc4c32)-c2sc(-c3cc(C)c(/C=C/C=O)s3)cc2C5(c2cc(CCCCCC)cc(CCCCCC)c2)c2cc(CCCCCC)cc(CCCCCC)c2)c1. The van der Waals surface area contributed by atoms with Crippen LogP contribution in [0.25, 0.3) is 60.6 Å². The number of unbranched alkanes of at least 4 members (excludes halogenated alkanes) is 24. The van der Waals surface area contributed by atoms with Gasteiger partial charge in [0.1, 0.15) is 12.6 Å². The molecule has 0 saturated heterocycles. The van der Waals surface area contributed by atoms with Crippen LogP contribution in [0.5, 0.6) is 0 Å². The van der Waals surface area contributed by atoms with Crippen LogP contribution in [-0.4, -0.2) is 12.6 Å². The van der Waals surface area contributed by atoms with E-state index in [4.69, 9.17) is 0 Å². The van der Waals surface area contributed by atoms with Crippen molar-refractivity contribution < 1.29 is 9.59 Å². The summed E-state index contributed by atoms with van der Waals surface area (Å²) < 4.78 is 2.98. The fraction of sp³-hybridized carbons (Fsp3) is 0.500. The molecule has 0 amide bonds. The van der Waals surface area contributed by atoms with E-state index in [0.29, 0.717) is 0 Å². The molecule has 0 unspecified atom stereocenters. The minimum atomic E-state index is -0.655. The fourth-order valence-corrected chi connectivity index (χ4v) is 26.7. The number of thiophene rings is 6. The maximum Gasteiger partial charge on any atom is 0.142 e. The highest BCUT2D eigenvalue weighted by Crippen LogP contribution is 2.71. The molecule has 8 heteroatoms. The lowest BCUT2D eigenvalue weighted by molar-refractivity contribution is -0.104. The Labute approximate surface area is 701 Å². The van der Waals surface area contributed by atoms with E-state index in [2.05, 4.69) is 212 Å². The highest BCUT2D eigenvalue weighted by atomic mass is 32.1. The average Bonchev–Trinajstić information content (AvgIpc) is 1.48. The zero-order valence-corrected chi connectivity index (χ0v) is 75.2. The number of hydrogen-bond donors (Lipinski definition) is 0. The number of carbonyl (C=O) groups excluding carboxylic acids is 2. The third kappa shape index (κ3) is 19.5. The van der Waals surface area contributed by atoms with Gasteiger partial charge in [-0.15, -0.1) is 68.0 Å². The molecule has 0 atom stereocenters. The molecular formula is C104H132O2S6. The van der Waals surface area contributed by atoms with Crippen LogP contribution in [-0.2, 0) is 71.8 Å². The highest BCUT2D eigenvalue weighted by Gasteiger charge is 2.56. The minimum Gasteiger partial charge on any atom is -0.299 e. The van der Waals surface area contributed by atoms with Gasteiger partial charge in [-0.2, -0.15) is 0 Å². The summed E-state index contributed by atoms with van der Waals surface area (Å²) in [6.07, 6.45) is 57.5. The number of rotatable bonds is 50. The van der Waals surface area contributed by atoms with Crippen LogP contribution in [0.3, 0.4) is 0 Å². The molecule has 2 nitrogen and oxygen atoms in total. The predicted molar refractivity (Wildman–Crippen MR) is 499 cm³/mol. The van der Waals surface area contributed by atoms with Crippen molar-refractivity contribution >= 4 is 102 Å². The van der Waals surface area contributed by atoms with Gasteiger partial charge >= 0.3 is 0 Å². The summed E-state index contributed by atoms with van der Waals surface area (Å²) in [7, 11) is 0. The van der Waals surface area contributed by atoms with E-state index in [0.717, 1.165) is 73.7 Å². The summed E-state index contributed by atoms with van der Waals surface area (Å²) in [4.78, 5) is 37.5. The summed E-state index contributed by atoms with van der Waals surface area (Å²) in [5.41, 5.74) is 25.0. The smallest absolute Gasteiger partial charge is 0.142 e. The van der Waals surface area contributed by atoms with E-state index in [9.17, 15) is 9.59 Å². The molecule has 4 aromatic carbocycles. The lowest BCUT2D eigenvalue weighted by atomic mass is 9.65. The second kappa shape index (κ2) is 42.3. The van der Waals surface area contributed by atoms with Gasteiger partial charge < -0.3 is 0 Å². The molecule has 0 fully saturated rings. The average molecular weight is 1610 g/mol. The van der Waals surface area contributed by atoms with Gasteiger partial charge in [-0.1, -0.05) is 282 Å². The number of allylic oxidation sites excluding steroid dienone is 2. The molecule has 0 saturated carbocycles. The van der Waals surface area contributed by atoms with Crippen LogP contribution >= 0.6 is 68.0 Å². The van der Waals surface area contributed by atoms with E-state index in [1.807, 2.05) is 34.8 Å². The monoisotopic (exact) mass is 1600 g/mol. The summed E-state index contributed by atoms with van der Waals surface area (Å²) >= 11 is 12.1. The molecule has 596 valence electrons. The van der Waals surface area contributed by atoms with E-state index >= 15 is 0 Å². The second-order valence-electron chi connectivity index (χ2n) is 33.4. The molecule has 0 aliphatic heterocycles. The van der Waals surface area contributed by atoms with Crippen LogP contribution in [0.1, 0.15) is 371 Å². The van der Waals surface area contributed by atoms with Crippen molar-refractivity contribution in [3.05, 3.63) is 219 Å².